The number of likely N-dealkylation sites (N-methyl/N-ethyl adjacent to an activating group) is 1. The van der Waals surface area contributed by atoms with Crippen molar-refractivity contribution in [2.45, 2.75) is 64.5 Å². The van der Waals surface area contributed by atoms with Crippen LogP contribution in [0.1, 0.15) is 51.5 Å². The van der Waals surface area contributed by atoms with Crippen LogP contribution in [0.3, 0.4) is 0 Å². The van der Waals surface area contributed by atoms with Crippen molar-refractivity contribution in [3.63, 3.8) is 0 Å². The number of amides is 1. The lowest BCUT2D eigenvalue weighted by molar-refractivity contribution is -0.139. The molecule has 130 valence electrons. The summed E-state index contributed by atoms with van der Waals surface area (Å²) in [6, 6.07) is 11.0. The number of hydrogen-bond acceptors (Lipinski definition) is 2. The first kappa shape index (κ1) is 20.0. The van der Waals surface area contributed by atoms with E-state index >= 15 is 0 Å². The molecule has 1 aromatic carbocycles. The zero-order valence-corrected chi connectivity index (χ0v) is 15.2. The van der Waals surface area contributed by atoms with Crippen LogP contribution in [0.4, 0.5) is 0 Å². The van der Waals surface area contributed by atoms with Crippen LogP contribution in [0, 0.1) is 5.92 Å². The van der Waals surface area contributed by atoms with Gasteiger partial charge in [-0.05, 0) is 44.6 Å². The molecule has 0 aromatic heterocycles. The second kappa shape index (κ2) is 9.94. The van der Waals surface area contributed by atoms with Gasteiger partial charge in [0, 0.05) is 24.5 Å². The Labute approximate surface area is 147 Å². The summed E-state index contributed by atoms with van der Waals surface area (Å²) in [5.41, 5.74) is 7.37. The highest BCUT2D eigenvalue weighted by Crippen LogP contribution is 2.26. The van der Waals surface area contributed by atoms with Crippen molar-refractivity contribution in [2.75, 3.05) is 6.54 Å². The topological polar surface area (TPSA) is 46.3 Å². The lowest BCUT2D eigenvalue weighted by Crippen LogP contribution is -2.46. The van der Waals surface area contributed by atoms with Crippen LogP contribution in [0.25, 0.3) is 0 Å². The summed E-state index contributed by atoms with van der Waals surface area (Å²) < 4.78 is 0. The van der Waals surface area contributed by atoms with Gasteiger partial charge in [-0.3, -0.25) is 4.79 Å². The number of carbonyl (C=O) groups is 1. The first-order valence-corrected chi connectivity index (χ1v) is 8.75. The Balaban J connectivity index is 0.00000264. The van der Waals surface area contributed by atoms with Crippen LogP contribution < -0.4 is 5.73 Å². The molecule has 3 unspecified atom stereocenters. The molecule has 23 heavy (non-hydrogen) atoms. The number of halogens is 1. The highest BCUT2D eigenvalue weighted by atomic mass is 35.5. The highest BCUT2D eigenvalue weighted by Gasteiger charge is 2.31. The molecule has 0 saturated heterocycles. The van der Waals surface area contributed by atoms with Gasteiger partial charge in [0.2, 0.25) is 5.91 Å². The SMILES string of the molecule is CCC(Cc1ccccc1)N(CC)C(=O)C1CCCC(N)C1.Cl. The van der Waals surface area contributed by atoms with E-state index in [2.05, 4.69) is 43.0 Å². The monoisotopic (exact) mass is 338 g/mol. The number of rotatable bonds is 6. The smallest absolute Gasteiger partial charge is 0.225 e. The number of nitrogens with two attached hydrogens (primary N) is 1. The number of carbonyl (C=O) groups excluding carboxylic acids is 1. The van der Waals surface area contributed by atoms with E-state index in [4.69, 9.17) is 5.73 Å². The van der Waals surface area contributed by atoms with Crippen molar-refractivity contribution in [1.29, 1.82) is 0 Å². The van der Waals surface area contributed by atoms with Crippen LogP contribution in [0.5, 0.6) is 0 Å². The summed E-state index contributed by atoms with van der Waals surface area (Å²) >= 11 is 0. The predicted octanol–water partition coefficient (Wildman–Crippen LogP) is 3.80. The van der Waals surface area contributed by atoms with Crippen molar-refractivity contribution in [3.05, 3.63) is 35.9 Å². The molecule has 0 radical (unpaired) electrons. The zero-order chi connectivity index (χ0) is 15.9. The second-order valence-electron chi connectivity index (χ2n) is 6.50. The Hall–Kier alpha value is -1.06. The summed E-state index contributed by atoms with van der Waals surface area (Å²) in [4.78, 5) is 15.0. The Bertz CT molecular complexity index is 466. The van der Waals surface area contributed by atoms with Crippen molar-refractivity contribution in [3.8, 4) is 0 Å². The van der Waals surface area contributed by atoms with Crippen LogP contribution in [0.15, 0.2) is 30.3 Å². The standard InChI is InChI=1S/C19H30N2O.ClH/c1-3-18(13-15-9-6-5-7-10-15)21(4-2)19(22)16-11-8-12-17(20)14-16;/h5-7,9-10,16-18H,3-4,8,11-14,20H2,1-2H3;1H. The minimum atomic E-state index is 0. The summed E-state index contributed by atoms with van der Waals surface area (Å²) in [5.74, 6) is 0.453. The average Bonchev–Trinajstić information content (AvgIpc) is 2.55. The van der Waals surface area contributed by atoms with E-state index in [0.29, 0.717) is 5.91 Å². The molecule has 0 aliphatic heterocycles. The van der Waals surface area contributed by atoms with E-state index in [1.54, 1.807) is 0 Å². The third kappa shape index (κ3) is 5.50. The van der Waals surface area contributed by atoms with Crippen molar-refractivity contribution in [1.82, 2.24) is 4.90 Å². The maximum Gasteiger partial charge on any atom is 0.225 e. The summed E-state index contributed by atoms with van der Waals surface area (Å²) in [5, 5.41) is 0. The summed E-state index contributed by atoms with van der Waals surface area (Å²) in [6.07, 6.45) is 5.95. The van der Waals surface area contributed by atoms with E-state index in [9.17, 15) is 4.79 Å². The van der Waals surface area contributed by atoms with Gasteiger partial charge in [-0.25, -0.2) is 0 Å². The molecular formula is C19H31ClN2O. The third-order valence-corrected chi connectivity index (χ3v) is 4.91. The Morgan fingerprint density at radius 3 is 2.52 bits per heavy atom. The van der Waals surface area contributed by atoms with Gasteiger partial charge in [0.1, 0.15) is 0 Å². The Morgan fingerprint density at radius 1 is 1.26 bits per heavy atom. The summed E-state index contributed by atoms with van der Waals surface area (Å²) in [7, 11) is 0. The molecule has 3 nitrogen and oxygen atoms in total. The maximum absolute atomic E-state index is 12.9. The highest BCUT2D eigenvalue weighted by molar-refractivity contribution is 5.85. The van der Waals surface area contributed by atoms with E-state index in [0.717, 1.165) is 45.1 Å². The molecular weight excluding hydrogens is 308 g/mol. The van der Waals surface area contributed by atoms with Gasteiger partial charge < -0.3 is 10.6 Å². The van der Waals surface area contributed by atoms with Gasteiger partial charge in [0.15, 0.2) is 0 Å². The largest absolute Gasteiger partial charge is 0.339 e. The molecule has 3 atom stereocenters. The van der Waals surface area contributed by atoms with Gasteiger partial charge in [0.05, 0.1) is 0 Å². The normalized spacial score (nSPS) is 22.0. The second-order valence-corrected chi connectivity index (χ2v) is 6.50. The fourth-order valence-corrected chi connectivity index (χ4v) is 3.64. The number of nitrogens with zero attached hydrogens (tertiary/aromatic N) is 1. The molecule has 0 spiro atoms. The van der Waals surface area contributed by atoms with E-state index in [-0.39, 0.29) is 30.4 Å². The first-order valence-electron chi connectivity index (χ1n) is 8.75. The van der Waals surface area contributed by atoms with Gasteiger partial charge in [-0.1, -0.05) is 43.7 Å². The minimum Gasteiger partial charge on any atom is -0.339 e. The van der Waals surface area contributed by atoms with Crippen molar-refractivity contribution < 1.29 is 4.79 Å². The van der Waals surface area contributed by atoms with Crippen molar-refractivity contribution in [2.24, 2.45) is 11.7 Å². The molecule has 2 N–H and O–H groups in total. The summed E-state index contributed by atoms with van der Waals surface area (Å²) in [6.45, 7) is 5.06. The molecule has 1 aliphatic rings. The predicted molar refractivity (Wildman–Crippen MR) is 98.8 cm³/mol. The fraction of sp³-hybridized carbons (Fsp3) is 0.632. The van der Waals surface area contributed by atoms with Gasteiger partial charge in [-0.2, -0.15) is 0 Å². The molecule has 4 heteroatoms. The fourth-order valence-electron chi connectivity index (χ4n) is 3.64. The first-order chi connectivity index (χ1) is 10.7. The van der Waals surface area contributed by atoms with E-state index in [1.807, 2.05) is 6.07 Å². The molecule has 0 heterocycles. The minimum absolute atomic E-state index is 0. The van der Waals surface area contributed by atoms with Crippen LogP contribution in [-0.2, 0) is 11.2 Å². The molecule has 1 amide bonds. The third-order valence-electron chi connectivity index (χ3n) is 4.91. The maximum atomic E-state index is 12.9. The molecule has 1 aliphatic carbocycles. The van der Waals surface area contributed by atoms with E-state index in [1.165, 1.54) is 5.56 Å². The van der Waals surface area contributed by atoms with E-state index < -0.39 is 0 Å². The molecule has 0 bridgehead atoms. The van der Waals surface area contributed by atoms with Crippen LogP contribution in [0.2, 0.25) is 0 Å². The average molecular weight is 339 g/mol. The Morgan fingerprint density at radius 2 is 1.96 bits per heavy atom. The quantitative estimate of drug-likeness (QED) is 0.857. The number of hydrogen-bond donors (Lipinski definition) is 1. The van der Waals surface area contributed by atoms with Gasteiger partial charge in [-0.15, -0.1) is 12.4 Å². The Kier molecular flexibility index (Phi) is 8.64. The molecule has 1 aromatic rings. The van der Waals surface area contributed by atoms with Crippen molar-refractivity contribution >= 4 is 18.3 Å². The molecule has 1 fully saturated rings. The molecule has 2 rings (SSSR count). The lowest BCUT2D eigenvalue weighted by Gasteiger charge is -2.35. The zero-order valence-electron chi connectivity index (χ0n) is 14.4. The molecule has 1 saturated carbocycles. The van der Waals surface area contributed by atoms with Crippen LogP contribution >= 0.6 is 12.4 Å². The number of benzene rings is 1. The lowest BCUT2D eigenvalue weighted by atomic mass is 9.84. The van der Waals surface area contributed by atoms with Gasteiger partial charge >= 0.3 is 0 Å². The van der Waals surface area contributed by atoms with Crippen LogP contribution in [-0.4, -0.2) is 29.4 Å². The van der Waals surface area contributed by atoms with Gasteiger partial charge in [0.25, 0.3) is 0 Å².